The summed E-state index contributed by atoms with van der Waals surface area (Å²) in [4.78, 5) is 0. The molecule has 0 N–H and O–H groups in total. The van der Waals surface area contributed by atoms with Gasteiger partial charge in [0.1, 0.15) is 0 Å². The lowest BCUT2D eigenvalue weighted by atomic mass is 10.0. The van der Waals surface area contributed by atoms with Gasteiger partial charge in [-0.25, -0.2) is 0 Å². The van der Waals surface area contributed by atoms with E-state index in [1.165, 1.54) is 19.3 Å². The SMILES string of the molecule is CCCCCCOc1ccc(C=C(C#N)c2ccc3c(c2)OCO3)cc1OCC. The van der Waals surface area contributed by atoms with Crippen LogP contribution in [0.15, 0.2) is 36.4 Å². The minimum Gasteiger partial charge on any atom is -0.490 e. The molecule has 0 bridgehead atoms. The Morgan fingerprint density at radius 2 is 1.86 bits per heavy atom. The summed E-state index contributed by atoms with van der Waals surface area (Å²) < 4.78 is 22.4. The molecule has 0 fully saturated rings. The van der Waals surface area contributed by atoms with Crippen LogP contribution >= 0.6 is 0 Å². The molecule has 0 aliphatic carbocycles. The molecule has 0 unspecified atom stereocenters. The molecule has 0 aromatic heterocycles. The third kappa shape index (κ3) is 5.45. The quantitative estimate of drug-likeness (QED) is 0.288. The van der Waals surface area contributed by atoms with Crippen LogP contribution in [0, 0.1) is 11.3 Å². The lowest BCUT2D eigenvalue weighted by Crippen LogP contribution is -2.01. The summed E-state index contributed by atoms with van der Waals surface area (Å²) in [5.41, 5.74) is 2.20. The highest BCUT2D eigenvalue weighted by Gasteiger charge is 2.15. The second-order valence-electron chi connectivity index (χ2n) is 6.79. The van der Waals surface area contributed by atoms with Gasteiger partial charge in [-0.15, -0.1) is 0 Å². The van der Waals surface area contributed by atoms with Gasteiger partial charge >= 0.3 is 0 Å². The van der Waals surface area contributed by atoms with Crippen LogP contribution in [-0.4, -0.2) is 20.0 Å². The number of nitrogens with zero attached hydrogens (tertiary/aromatic N) is 1. The zero-order valence-corrected chi connectivity index (χ0v) is 17.1. The molecular formula is C24H27NO4. The van der Waals surface area contributed by atoms with Crippen LogP contribution in [0.3, 0.4) is 0 Å². The molecule has 2 aromatic rings. The van der Waals surface area contributed by atoms with Crippen LogP contribution in [-0.2, 0) is 0 Å². The third-order valence-electron chi connectivity index (χ3n) is 4.64. The van der Waals surface area contributed by atoms with Crippen LogP contribution in [0.2, 0.25) is 0 Å². The summed E-state index contributed by atoms with van der Waals surface area (Å²) in [6, 6.07) is 13.5. The Balaban J connectivity index is 1.78. The van der Waals surface area contributed by atoms with E-state index < -0.39 is 0 Å². The van der Waals surface area contributed by atoms with E-state index in [9.17, 15) is 5.26 Å². The summed E-state index contributed by atoms with van der Waals surface area (Å²) in [5.74, 6) is 2.79. The number of unbranched alkanes of at least 4 members (excludes halogenated alkanes) is 3. The standard InChI is InChI=1S/C24H27NO4/c1-3-5-6-7-12-27-21-10-8-18(14-23(21)26-4-2)13-20(16-25)19-9-11-22-24(15-19)29-17-28-22/h8-11,13-15H,3-7,12,17H2,1-2H3. The van der Waals surface area contributed by atoms with Gasteiger partial charge in [0.05, 0.1) is 24.9 Å². The molecule has 0 amide bonds. The fourth-order valence-electron chi connectivity index (χ4n) is 3.12. The predicted octanol–water partition coefficient (Wildman–Crippen LogP) is 5.84. The molecule has 0 radical (unpaired) electrons. The van der Waals surface area contributed by atoms with Crippen LogP contribution < -0.4 is 18.9 Å². The van der Waals surface area contributed by atoms with E-state index in [0.717, 1.165) is 23.3 Å². The maximum atomic E-state index is 9.66. The second-order valence-corrected chi connectivity index (χ2v) is 6.79. The van der Waals surface area contributed by atoms with Crippen molar-refractivity contribution < 1.29 is 18.9 Å². The molecular weight excluding hydrogens is 366 g/mol. The van der Waals surface area contributed by atoms with Gasteiger partial charge in [-0.3, -0.25) is 0 Å². The second kappa shape index (κ2) is 10.4. The average Bonchev–Trinajstić information content (AvgIpc) is 3.21. The van der Waals surface area contributed by atoms with Gasteiger partial charge in [0, 0.05) is 0 Å². The van der Waals surface area contributed by atoms with E-state index in [1.54, 1.807) is 0 Å². The minimum absolute atomic E-state index is 0.210. The van der Waals surface area contributed by atoms with E-state index in [-0.39, 0.29) is 6.79 Å². The molecule has 0 saturated carbocycles. The number of allylic oxidation sites excluding steroid dienone is 1. The molecule has 5 nitrogen and oxygen atoms in total. The van der Waals surface area contributed by atoms with Crippen molar-refractivity contribution in [3.05, 3.63) is 47.5 Å². The largest absolute Gasteiger partial charge is 0.490 e. The number of fused-ring (bicyclic) bond motifs is 1. The maximum Gasteiger partial charge on any atom is 0.231 e. The third-order valence-corrected chi connectivity index (χ3v) is 4.64. The summed E-state index contributed by atoms with van der Waals surface area (Å²) in [6.45, 7) is 5.57. The Kier molecular flexibility index (Phi) is 7.40. The maximum absolute atomic E-state index is 9.66. The first-order chi connectivity index (χ1) is 14.2. The van der Waals surface area contributed by atoms with Crippen molar-refractivity contribution in [3.63, 3.8) is 0 Å². The van der Waals surface area contributed by atoms with Crippen molar-refractivity contribution in [2.45, 2.75) is 39.5 Å². The Morgan fingerprint density at radius 1 is 1.00 bits per heavy atom. The van der Waals surface area contributed by atoms with Crippen LogP contribution in [0.25, 0.3) is 11.6 Å². The normalized spacial score (nSPS) is 12.5. The number of hydrogen-bond acceptors (Lipinski definition) is 5. The first-order valence-electron chi connectivity index (χ1n) is 10.2. The number of rotatable bonds is 10. The molecule has 5 heteroatoms. The Labute approximate surface area is 172 Å². The molecule has 0 spiro atoms. The summed E-state index contributed by atoms with van der Waals surface area (Å²) in [7, 11) is 0. The van der Waals surface area contributed by atoms with Crippen molar-refractivity contribution in [2.24, 2.45) is 0 Å². The number of nitriles is 1. The van der Waals surface area contributed by atoms with E-state index >= 15 is 0 Å². The van der Waals surface area contributed by atoms with Crippen LogP contribution in [0.4, 0.5) is 0 Å². The highest BCUT2D eigenvalue weighted by atomic mass is 16.7. The van der Waals surface area contributed by atoms with Crippen LogP contribution in [0.1, 0.15) is 50.7 Å². The van der Waals surface area contributed by atoms with Crippen molar-refractivity contribution in [1.29, 1.82) is 5.26 Å². The average molecular weight is 393 g/mol. The zero-order chi connectivity index (χ0) is 20.5. The van der Waals surface area contributed by atoms with Gasteiger partial charge in [-0.1, -0.05) is 32.3 Å². The first-order valence-corrected chi connectivity index (χ1v) is 10.2. The molecule has 152 valence electrons. The molecule has 2 aromatic carbocycles. The fraction of sp³-hybridized carbons (Fsp3) is 0.375. The van der Waals surface area contributed by atoms with Gasteiger partial charge in [-0.2, -0.15) is 5.26 Å². The molecule has 1 heterocycles. The monoisotopic (exact) mass is 393 g/mol. The van der Waals surface area contributed by atoms with Gasteiger partial charge in [0.15, 0.2) is 23.0 Å². The van der Waals surface area contributed by atoms with Gasteiger partial charge in [-0.05, 0) is 60.9 Å². The highest BCUT2D eigenvalue weighted by molar-refractivity contribution is 5.90. The number of benzene rings is 2. The molecule has 1 aliphatic rings. The highest BCUT2D eigenvalue weighted by Crippen LogP contribution is 2.35. The smallest absolute Gasteiger partial charge is 0.231 e. The van der Waals surface area contributed by atoms with Crippen LogP contribution in [0.5, 0.6) is 23.0 Å². The molecule has 3 rings (SSSR count). The Hall–Kier alpha value is -3.13. The number of ether oxygens (including phenoxy) is 4. The fourth-order valence-corrected chi connectivity index (χ4v) is 3.12. The predicted molar refractivity (Wildman–Crippen MR) is 113 cm³/mol. The lowest BCUT2D eigenvalue weighted by molar-refractivity contribution is 0.174. The van der Waals surface area contributed by atoms with E-state index in [4.69, 9.17) is 18.9 Å². The van der Waals surface area contributed by atoms with Crippen molar-refractivity contribution in [1.82, 2.24) is 0 Å². The van der Waals surface area contributed by atoms with E-state index in [1.807, 2.05) is 49.4 Å². The molecule has 29 heavy (non-hydrogen) atoms. The zero-order valence-electron chi connectivity index (χ0n) is 17.1. The Morgan fingerprint density at radius 3 is 2.66 bits per heavy atom. The van der Waals surface area contributed by atoms with Gasteiger partial charge < -0.3 is 18.9 Å². The van der Waals surface area contributed by atoms with E-state index in [2.05, 4.69) is 13.0 Å². The minimum atomic E-state index is 0.210. The summed E-state index contributed by atoms with van der Waals surface area (Å²) in [5, 5.41) is 9.66. The van der Waals surface area contributed by atoms with Gasteiger partial charge in [0.2, 0.25) is 6.79 Å². The summed E-state index contributed by atoms with van der Waals surface area (Å²) >= 11 is 0. The van der Waals surface area contributed by atoms with Crippen molar-refractivity contribution in [2.75, 3.05) is 20.0 Å². The Bertz CT molecular complexity index is 898. The summed E-state index contributed by atoms with van der Waals surface area (Å²) in [6.07, 6.45) is 6.47. The molecule has 1 aliphatic heterocycles. The van der Waals surface area contributed by atoms with E-state index in [0.29, 0.717) is 36.0 Å². The first kappa shape index (κ1) is 20.6. The topological polar surface area (TPSA) is 60.7 Å². The molecule has 0 saturated heterocycles. The van der Waals surface area contributed by atoms with Crippen molar-refractivity contribution >= 4 is 11.6 Å². The van der Waals surface area contributed by atoms with Gasteiger partial charge in [0.25, 0.3) is 0 Å². The lowest BCUT2D eigenvalue weighted by Gasteiger charge is -2.13. The molecule has 0 atom stereocenters. The van der Waals surface area contributed by atoms with Crippen molar-refractivity contribution in [3.8, 4) is 29.1 Å². The number of hydrogen-bond donors (Lipinski definition) is 0.